The maximum Gasteiger partial charge on any atom is 0.238 e. The molecule has 3 aromatic rings. The molecule has 0 amide bonds. The number of nitrogens with two attached hydrogens (primary N) is 2. The minimum Gasteiger partial charge on any atom is -0.485 e. The summed E-state index contributed by atoms with van der Waals surface area (Å²) in [4.78, 5) is 0.0694. The van der Waals surface area contributed by atoms with Crippen molar-refractivity contribution in [1.82, 2.24) is 0 Å². The second-order valence-corrected chi connectivity index (χ2v) is 9.95. The molecule has 0 spiro atoms. The molecular weight excluding hydrogens is 470 g/mol. The molecule has 5 N–H and O–H groups in total. The van der Waals surface area contributed by atoms with E-state index in [1.807, 2.05) is 0 Å². The Labute approximate surface area is 203 Å². The van der Waals surface area contributed by atoms with Gasteiger partial charge in [0.1, 0.15) is 29.5 Å². The van der Waals surface area contributed by atoms with Crippen LogP contribution in [0.2, 0.25) is 0 Å². The average Bonchev–Trinajstić information content (AvgIpc) is 3.42. The lowest BCUT2D eigenvalue weighted by atomic mass is 10.1. The van der Waals surface area contributed by atoms with Crippen molar-refractivity contribution in [3.8, 4) is 22.6 Å². The summed E-state index contributed by atoms with van der Waals surface area (Å²) in [7, 11) is -3.85. The van der Waals surface area contributed by atoms with Gasteiger partial charge in [-0.25, -0.2) is 13.6 Å². The summed E-state index contributed by atoms with van der Waals surface area (Å²) in [6.07, 6.45) is -1.21. The topological polar surface area (TPSA) is 147 Å². The highest BCUT2D eigenvalue weighted by atomic mass is 32.2. The van der Waals surface area contributed by atoms with E-state index in [4.69, 9.17) is 35.2 Å². The lowest BCUT2D eigenvalue weighted by molar-refractivity contribution is 0.0181. The molecule has 0 unspecified atom stereocenters. The van der Waals surface area contributed by atoms with Crippen molar-refractivity contribution in [3.63, 3.8) is 0 Å². The van der Waals surface area contributed by atoms with Gasteiger partial charge in [0.2, 0.25) is 10.0 Å². The minimum absolute atomic E-state index is 0.0271. The summed E-state index contributed by atoms with van der Waals surface area (Å²) in [5.74, 6) is 1.18. The first-order valence-electron chi connectivity index (χ1n) is 11.0. The molecule has 0 aliphatic carbocycles. The van der Waals surface area contributed by atoms with Gasteiger partial charge in [-0.15, -0.1) is 0 Å². The number of nitrogens with one attached hydrogen (secondary N) is 1. The summed E-state index contributed by atoms with van der Waals surface area (Å²) in [6.45, 7) is 0.696. The van der Waals surface area contributed by atoms with Crippen LogP contribution in [0.25, 0.3) is 11.1 Å². The minimum atomic E-state index is -3.85. The fraction of sp³-hybridized carbons (Fsp3) is 0.240. The van der Waals surface area contributed by atoms with Crippen LogP contribution in [0.3, 0.4) is 0 Å². The fourth-order valence-electron chi connectivity index (χ4n) is 4.38. The van der Waals surface area contributed by atoms with E-state index in [2.05, 4.69) is 0 Å². The van der Waals surface area contributed by atoms with E-state index in [-0.39, 0.29) is 35.1 Å². The van der Waals surface area contributed by atoms with Crippen molar-refractivity contribution < 1.29 is 27.4 Å². The largest absolute Gasteiger partial charge is 0.485 e. The predicted octanol–water partition coefficient (Wildman–Crippen LogP) is 2.28. The lowest BCUT2D eigenvalue weighted by Gasteiger charge is -2.19. The van der Waals surface area contributed by atoms with Gasteiger partial charge in [-0.05, 0) is 35.9 Å². The van der Waals surface area contributed by atoms with Crippen LogP contribution in [0.5, 0.6) is 11.5 Å². The Bertz CT molecular complexity index is 1350. The van der Waals surface area contributed by atoms with Crippen molar-refractivity contribution in [1.29, 1.82) is 5.41 Å². The molecule has 2 saturated heterocycles. The van der Waals surface area contributed by atoms with E-state index in [1.54, 1.807) is 66.7 Å². The number of amidine groups is 1. The van der Waals surface area contributed by atoms with Crippen LogP contribution in [0.1, 0.15) is 5.56 Å². The molecule has 2 aliphatic heterocycles. The standard InChI is InChI=1S/C25H25N3O6S/c26-25(27)16-4-3-5-18(12-16)34-21-14-32-23-20(13-31-24(21)23)33-17-10-8-15(9-11-17)19-6-1-2-7-22(19)35(28,29)30/h1-12,20-21,23-24H,13-14H2,(H3,26,27)(H2,28,29,30)/t20-,21-,23-,24-/m1/s1. The van der Waals surface area contributed by atoms with Crippen molar-refractivity contribution in [2.45, 2.75) is 29.3 Å². The van der Waals surface area contributed by atoms with E-state index < -0.39 is 10.0 Å². The van der Waals surface area contributed by atoms with E-state index in [0.717, 1.165) is 0 Å². The Kier molecular flexibility index (Phi) is 6.20. The third-order valence-corrected chi connectivity index (χ3v) is 7.01. The Morgan fingerprint density at radius 2 is 1.49 bits per heavy atom. The highest BCUT2D eigenvalue weighted by Gasteiger charge is 2.50. The van der Waals surface area contributed by atoms with E-state index in [1.165, 1.54) is 6.07 Å². The van der Waals surface area contributed by atoms with E-state index in [0.29, 0.717) is 41.4 Å². The van der Waals surface area contributed by atoms with Crippen molar-refractivity contribution in [2.24, 2.45) is 10.9 Å². The highest BCUT2D eigenvalue weighted by molar-refractivity contribution is 7.89. The summed E-state index contributed by atoms with van der Waals surface area (Å²) < 4.78 is 47.9. The molecule has 0 bridgehead atoms. The fourth-order valence-corrected chi connectivity index (χ4v) is 5.14. The molecule has 2 aliphatic rings. The van der Waals surface area contributed by atoms with Crippen LogP contribution in [-0.2, 0) is 19.5 Å². The second-order valence-electron chi connectivity index (χ2n) is 8.42. The smallest absolute Gasteiger partial charge is 0.238 e. The molecular formula is C25H25N3O6S. The van der Waals surface area contributed by atoms with Gasteiger partial charge in [0.15, 0.2) is 12.2 Å². The van der Waals surface area contributed by atoms with Gasteiger partial charge in [-0.3, -0.25) is 5.41 Å². The van der Waals surface area contributed by atoms with E-state index >= 15 is 0 Å². The van der Waals surface area contributed by atoms with E-state index in [9.17, 15) is 8.42 Å². The Morgan fingerprint density at radius 3 is 2.11 bits per heavy atom. The Balaban J connectivity index is 1.25. The summed E-state index contributed by atoms with van der Waals surface area (Å²) in [5.41, 5.74) is 7.39. The van der Waals surface area contributed by atoms with Crippen LogP contribution in [-0.4, -0.2) is 51.9 Å². The first-order valence-corrected chi connectivity index (χ1v) is 12.6. The number of nitrogen functional groups attached to an aromatic ring is 1. The van der Waals surface area contributed by atoms with Gasteiger partial charge < -0.3 is 24.7 Å². The van der Waals surface area contributed by atoms with Crippen LogP contribution < -0.4 is 20.3 Å². The maximum atomic E-state index is 11.9. The van der Waals surface area contributed by atoms with Crippen LogP contribution >= 0.6 is 0 Å². The number of hydrogen-bond acceptors (Lipinski definition) is 7. The van der Waals surface area contributed by atoms with Crippen LogP contribution in [0.15, 0.2) is 77.7 Å². The zero-order chi connectivity index (χ0) is 24.6. The van der Waals surface area contributed by atoms with Gasteiger partial charge in [0.05, 0.1) is 18.1 Å². The molecule has 2 fully saturated rings. The molecule has 2 heterocycles. The van der Waals surface area contributed by atoms with Crippen LogP contribution in [0.4, 0.5) is 0 Å². The normalized spacial score (nSPS) is 23.6. The molecule has 5 rings (SSSR count). The number of benzene rings is 3. The molecule has 0 aromatic heterocycles. The predicted molar refractivity (Wildman–Crippen MR) is 129 cm³/mol. The number of primary sulfonamides is 1. The van der Waals surface area contributed by atoms with Gasteiger partial charge in [0, 0.05) is 11.1 Å². The molecule has 4 atom stereocenters. The third-order valence-electron chi connectivity index (χ3n) is 6.04. The van der Waals surface area contributed by atoms with Crippen molar-refractivity contribution in [3.05, 3.63) is 78.4 Å². The summed E-state index contributed by atoms with van der Waals surface area (Å²) in [5, 5.41) is 12.9. The molecule has 3 aromatic carbocycles. The molecule has 9 nitrogen and oxygen atoms in total. The Morgan fingerprint density at radius 1 is 0.857 bits per heavy atom. The van der Waals surface area contributed by atoms with Crippen LogP contribution in [0, 0.1) is 5.41 Å². The number of fused-ring (bicyclic) bond motifs is 1. The SMILES string of the molecule is N=C(N)c1cccc(O[C@@H]2CO[C@H]3[C@@H]2OC[C@H]3Oc2ccc(-c3ccccc3S(N)(=O)=O)cc2)c1. The summed E-state index contributed by atoms with van der Waals surface area (Å²) >= 11 is 0. The Hall–Kier alpha value is -3.44. The molecule has 182 valence electrons. The number of sulfonamides is 1. The van der Waals surface area contributed by atoms with Gasteiger partial charge in [0.25, 0.3) is 0 Å². The molecule has 35 heavy (non-hydrogen) atoms. The molecule has 0 radical (unpaired) electrons. The first-order chi connectivity index (χ1) is 16.8. The molecule has 0 saturated carbocycles. The van der Waals surface area contributed by atoms with Crippen molar-refractivity contribution in [2.75, 3.05) is 13.2 Å². The zero-order valence-electron chi connectivity index (χ0n) is 18.7. The average molecular weight is 496 g/mol. The van der Waals surface area contributed by atoms with Gasteiger partial charge in [-0.2, -0.15) is 0 Å². The third kappa shape index (κ3) is 4.87. The highest BCUT2D eigenvalue weighted by Crippen LogP contribution is 2.33. The van der Waals surface area contributed by atoms with Gasteiger partial charge >= 0.3 is 0 Å². The van der Waals surface area contributed by atoms with Gasteiger partial charge in [-0.1, -0.05) is 42.5 Å². The quantitative estimate of drug-likeness (QED) is 0.336. The monoisotopic (exact) mass is 495 g/mol. The molecule has 10 heteroatoms. The number of ether oxygens (including phenoxy) is 4. The maximum absolute atomic E-state index is 11.9. The zero-order valence-corrected chi connectivity index (χ0v) is 19.5. The second kappa shape index (κ2) is 9.31. The first kappa shape index (κ1) is 23.3. The summed E-state index contributed by atoms with van der Waals surface area (Å²) in [6, 6.07) is 20.8. The lowest BCUT2D eigenvalue weighted by Crippen LogP contribution is -2.36. The van der Waals surface area contributed by atoms with Crippen molar-refractivity contribution >= 4 is 15.9 Å². The number of hydrogen-bond donors (Lipinski definition) is 3. The number of rotatable bonds is 7.